The van der Waals surface area contributed by atoms with Gasteiger partial charge < -0.3 is 5.32 Å². The van der Waals surface area contributed by atoms with Crippen molar-refractivity contribution in [1.29, 1.82) is 0 Å². The Labute approximate surface area is 142 Å². The lowest BCUT2D eigenvalue weighted by molar-refractivity contribution is 0.0936. The molecule has 0 aliphatic rings. The highest BCUT2D eigenvalue weighted by molar-refractivity contribution is 9.10. The fourth-order valence-electron chi connectivity index (χ4n) is 2.22. The van der Waals surface area contributed by atoms with E-state index in [4.69, 9.17) is 0 Å². The third-order valence-electron chi connectivity index (χ3n) is 3.33. The minimum atomic E-state index is -0.145. The zero-order valence-electron chi connectivity index (χ0n) is 12.6. The fraction of sp³-hybridized carbons (Fsp3) is 0.188. The predicted molar refractivity (Wildman–Crippen MR) is 90.4 cm³/mol. The van der Waals surface area contributed by atoms with E-state index in [2.05, 4.69) is 31.4 Å². The number of rotatable bonds is 5. The summed E-state index contributed by atoms with van der Waals surface area (Å²) in [6.07, 6.45) is 6.88. The first-order valence-corrected chi connectivity index (χ1v) is 8.00. The van der Waals surface area contributed by atoms with Gasteiger partial charge >= 0.3 is 0 Å². The van der Waals surface area contributed by atoms with Gasteiger partial charge in [0.2, 0.25) is 0 Å². The summed E-state index contributed by atoms with van der Waals surface area (Å²) >= 11 is 3.40. The third-order valence-corrected chi connectivity index (χ3v) is 3.86. The van der Waals surface area contributed by atoms with Crippen molar-refractivity contribution in [3.8, 4) is 5.69 Å². The van der Waals surface area contributed by atoms with Crippen molar-refractivity contribution in [3.63, 3.8) is 0 Å². The van der Waals surface area contributed by atoms with E-state index in [9.17, 15) is 4.79 Å². The highest BCUT2D eigenvalue weighted by Gasteiger charge is 2.13. The van der Waals surface area contributed by atoms with Crippen LogP contribution < -0.4 is 5.32 Å². The molecule has 0 aliphatic heterocycles. The molecule has 1 N–H and O–H groups in total. The number of nitrogens with zero attached hydrogens (tertiary/aromatic N) is 4. The SMILES string of the molecule is CC(Cn1cccn1)NC(=O)c1cnn(-c2ccc(Br)cc2)c1. The van der Waals surface area contributed by atoms with Crippen LogP contribution in [0.2, 0.25) is 0 Å². The van der Waals surface area contributed by atoms with Crippen molar-refractivity contribution >= 4 is 21.8 Å². The van der Waals surface area contributed by atoms with Gasteiger partial charge in [-0.1, -0.05) is 15.9 Å². The molecule has 0 saturated carbocycles. The topological polar surface area (TPSA) is 64.7 Å². The first-order chi connectivity index (χ1) is 11.1. The lowest BCUT2D eigenvalue weighted by Gasteiger charge is -2.13. The van der Waals surface area contributed by atoms with E-state index in [1.165, 1.54) is 0 Å². The maximum Gasteiger partial charge on any atom is 0.254 e. The number of carbonyl (C=O) groups excluding carboxylic acids is 1. The standard InChI is InChI=1S/C16H16BrN5O/c1-12(10-21-8-2-7-18-21)20-16(23)13-9-19-22(11-13)15-5-3-14(17)4-6-15/h2-9,11-12H,10H2,1H3,(H,20,23). The molecule has 1 atom stereocenters. The van der Waals surface area contributed by atoms with Gasteiger partial charge in [-0.25, -0.2) is 4.68 Å². The zero-order valence-corrected chi connectivity index (χ0v) is 14.1. The number of amides is 1. The van der Waals surface area contributed by atoms with E-state index in [-0.39, 0.29) is 11.9 Å². The maximum atomic E-state index is 12.3. The van der Waals surface area contributed by atoms with Gasteiger partial charge in [0.25, 0.3) is 5.91 Å². The molecule has 2 heterocycles. The van der Waals surface area contributed by atoms with Gasteiger partial charge in [-0.3, -0.25) is 9.48 Å². The molecule has 1 amide bonds. The van der Waals surface area contributed by atoms with Gasteiger partial charge in [0.1, 0.15) is 0 Å². The van der Waals surface area contributed by atoms with E-state index >= 15 is 0 Å². The van der Waals surface area contributed by atoms with E-state index < -0.39 is 0 Å². The number of hydrogen-bond acceptors (Lipinski definition) is 3. The van der Waals surface area contributed by atoms with Gasteiger partial charge in [0.05, 0.1) is 24.0 Å². The third kappa shape index (κ3) is 3.87. The molecule has 0 fully saturated rings. The van der Waals surface area contributed by atoms with Crippen LogP contribution in [-0.4, -0.2) is 31.5 Å². The number of halogens is 1. The molecule has 1 unspecified atom stereocenters. The summed E-state index contributed by atoms with van der Waals surface area (Å²) in [4.78, 5) is 12.3. The summed E-state index contributed by atoms with van der Waals surface area (Å²) in [6, 6.07) is 9.55. The van der Waals surface area contributed by atoms with E-state index in [1.54, 1.807) is 28.0 Å². The molecule has 0 spiro atoms. The molecule has 0 bridgehead atoms. The zero-order chi connectivity index (χ0) is 16.2. The summed E-state index contributed by atoms with van der Waals surface area (Å²) in [7, 11) is 0. The van der Waals surface area contributed by atoms with Crippen LogP contribution in [0.5, 0.6) is 0 Å². The summed E-state index contributed by atoms with van der Waals surface area (Å²) in [5.74, 6) is -0.145. The Bertz CT molecular complexity index is 779. The molecule has 3 aromatic rings. The molecular weight excluding hydrogens is 358 g/mol. The molecule has 0 radical (unpaired) electrons. The highest BCUT2D eigenvalue weighted by Crippen LogP contribution is 2.14. The van der Waals surface area contributed by atoms with E-state index in [0.717, 1.165) is 10.2 Å². The van der Waals surface area contributed by atoms with Crippen LogP contribution >= 0.6 is 15.9 Å². The molecular formula is C16H16BrN5O. The van der Waals surface area contributed by atoms with Gasteiger partial charge in [-0.05, 0) is 37.3 Å². The van der Waals surface area contributed by atoms with Gasteiger partial charge in [0, 0.05) is 29.1 Å². The first kappa shape index (κ1) is 15.5. The van der Waals surface area contributed by atoms with Crippen LogP contribution in [-0.2, 0) is 6.54 Å². The molecule has 0 aliphatic carbocycles. The molecule has 3 rings (SSSR count). The highest BCUT2D eigenvalue weighted by atomic mass is 79.9. The van der Waals surface area contributed by atoms with Crippen molar-refractivity contribution in [1.82, 2.24) is 24.9 Å². The Morgan fingerprint density at radius 3 is 2.78 bits per heavy atom. The number of nitrogens with one attached hydrogen (secondary N) is 1. The van der Waals surface area contributed by atoms with Crippen LogP contribution in [0.3, 0.4) is 0 Å². The fourth-order valence-corrected chi connectivity index (χ4v) is 2.48. The van der Waals surface area contributed by atoms with Gasteiger partial charge in [-0.15, -0.1) is 0 Å². The summed E-state index contributed by atoms with van der Waals surface area (Å²) in [5, 5.41) is 11.3. The average molecular weight is 374 g/mol. The lowest BCUT2D eigenvalue weighted by Crippen LogP contribution is -2.35. The van der Waals surface area contributed by atoms with Crippen molar-refractivity contribution in [3.05, 3.63) is 65.2 Å². The van der Waals surface area contributed by atoms with Crippen molar-refractivity contribution in [2.24, 2.45) is 0 Å². The molecule has 7 heteroatoms. The second-order valence-corrected chi connectivity index (χ2v) is 6.17. The molecule has 2 aromatic heterocycles. The molecule has 118 valence electrons. The van der Waals surface area contributed by atoms with Crippen LogP contribution in [0, 0.1) is 0 Å². The molecule has 23 heavy (non-hydrogen) atoms. The number of hydrogen-bond donors (Lipinski definition) is 1. The Kier molecular flexibility index (Phi) is 4.57. The second-order valence-electron chi connectivity index (χ2n) is 5.25. The lowest BCUT2D eigenvalue weighted by atomic mass is 10.2. The van der Waals surface area contributed by atoms with Crippen LogP contribution in [0.1, 0.15) is 17.3 Å². The Balaban J connectivity index is 1.65. The van der Waals surface area contributed by atoms with Crippen LogP contribution in [0.25, 0.3) is 5.69 Å². The number of aromatic nitrogens is 4. The average Bonchev–Trinajstić information content (AvgIpc) is 3.19. The minimum absolute atomic E-state index is 0.0292. The molecule has 1 aromatic carbocycles. The monoisotopic (exact) mass is 373 g/mol. The Morgan fingerprint density at radius 1 is 1.30 bits per heavy atom. The van der Waals surface area contributed by atoms with Gasteiger partial charge in [0.15, 0.2) is 0 Å². The summed E-state index contributed by atoms with van der Waals surface area (Å²) in [5.41, 5.74) is 1.43. The van der Waals surface area contributed by atoms with Gasteiger partial charge in [-0.2, -0.15) is 10.2 Å². The number of benzene rings is 1. The van der Waals surface area contributed by atoms with Crippen LogP contribution in [0.4, 0.5) is 0 Å². The van der Waals surface area contributed by atoms with Crippen molar-refractivity contribution in [2.45, 2.75) is 19.5 Å². The quantitative estimate of drug-likeness (QED) is 0.747. The minimum Gasteiger partial charge on any atom is -0.348 e. The Hall–Kier alpha value is -2.41. The largest absolute Gasteiger partial charge is 0.348 e. The van der Waals surface area contributed by atoms with Crippen molar-refractivity contribution in [2.75, 3.05) is 0 Å². The van der Waals surface area contributed by atoms with Crippen molar-refractivity contribution < 1.29 is 4.79 Å². The molecule has 6 nitrogen and oxygen atoms in total. The van der Waals surface area contributed by atoms with Crippen LogP contribution in [0.15, 0.2) is 59.6 Å². The van der Waals surface area contributed by atoms with E-state index in [0.29, 0.717) is 12.1 Å². The second kappa shape index (κ2) is 6.78. The number of carbonyl (C=O) groups is 1. The van der Waals surface area contributed by atoms with E-state index in [1.807, 2.05) is 43.5 Å². The summed E-state index contributed by atoms with van der Waals surface area (Å²) < 4.78 is 4.47. The maximum absolute atomic E-state index is 12.3. The normalized spacial score (nSPS) is 12.1. The smallest absolute Gasteiger partial charge is 0.254 e. The Morgan fingerprint density at radius 2 is 2.09 bits per heavy atom. The first-order valence-electron chi connectivity index (χ1n) is 7.21. The predicted octanol–water partition coefficient (Wildman–Crippen LogP) is 2.65. The summed E-state index contributed by atoms with van der Waals surface area (Å²) in [6.45, 7) is 2.57. The molecule has 0 saturated heterocycles.